The topological polar surface area (TPSA) is 165 Å². The van der Waals surface area contributed by atoms with Gasteiger partial charge in [-0.2, -0.15) is 0 Å². The summed E-state index contributed by atoms with van der Waals surface area (Å²) in [7, 11) is 5.02. The highest BCUT2D eigenvalue weighted by Crippen LogP contribution is 2.56. The van der Waals surface area contributed by atoms with Crippen molar-refractivity contribution in [3.05, 3.63) is 50.7 Å². The molecule has 6 rings (SSSR count). The van der Waals surface area contributed by atoms with Crippen molar-refractivity contribution in [3.63, 3.8) is 0 Å². The number of carbonyl (C=O) groups excluding carboxylic acids is 3. The van der Waals surface area contributed by atoms with E-state index >= 15 is 4.39 Å². The van der Waals surface area contributed by atoms with Crippen molar-refractivity contribution in [3.8, 4) is 5.75 Å². The molecule has 1 unspecified atom stereocenters. The van der Waals surface area contributed by atoms with Crippen LogP contribution in [0.1, 0.15) is 45.9 Å². The Morgan fingerprint density at radius 1 is 1.16 bits per heavy atom. The number of amides is 1. The molecule has 1 fully saturated rings. The number of allylic oxidation sites excluding steroid dienone is 1. The summed E-state index contributed by atoms with van der Waals surface area (Å²) in [5.41, 5.74) is 2.08. The van der Waals surface area contributed by atoms with Crippen LogP contribution in [0.15, 0.2) is 22.7 Å². The van der Waals surface area contributed by atoms with Crippen LogP contribution in [-0.4, -0.2) is 87.0 Å². The van der Waals surface area contributed by atoms with Gasteiger partial charge in [-0.25, -0.2) is 4.39 Å². The fourth-order valence-electron chi connectivity index (χ4n) is 7.89. The number of aliphatic hydroxyl groups is 3. The van der Waals surface area contributed by atoms with Crippen LogP contribution in [0.2, 0.25) is 0 Å². The Balaban J connectivity index is 1.55. The molecule has 202 valence electrons. The molecule has 1 saturated heterocycles. The van der Waals surface area contributed by atoms with Gasteiger partial charge in [0, 0.05) is 34.2 Å². The predicted molar refractivity (Wildman–Crippen MR) is 131 cm³/mol. The molecule has 10 nitrogen and oxygen atoms in total. The predicted octanol–water partition coefficient (Wildman–Crippen LogP) is 0.809. The molecule has 0 aromatic heterocycles. The molecule has 1 heterocycles. The minimum atomic E-state index is -2.71. The normalized spacial score (nSPS) is 34.3. The number of Topliss-reactive ketones (excluding diaryl/α,β-unsaturated/α-hetero) is 2. The molecular formula is C27H30FN3O7. The molecule has 5 aliphatic rings. The van der Waals surface area contributed by atoms with Crippen molar-refractivity contribution in [2.24, 2.45) is 23.5 Å². The Kier molecular flexibility index (Phi) is 5.18. The van der Waals surface area contributed by atoms with E-state index in [4.69, 9.17) is 5.73 Å². The van der Waals surface area contributed by atoms with Gasteiger partial charge in [0.15, 0.2) is 11.4 Å². The number of primary amides is 1. The molecule has 1 aromatic carbocycles. The summed E-state index contributed by atoms with van der Waals surface area (Å²) in [6, 6.07) is -1.28. The Labute approximate surface area is 217 Å². The van der Waals surface area contributed by atoms with E-state index in [0.717, 1.165) is 13.0 Å². The van der Waals surface area contributed by atoms with Gasteiger partial charge in [-0.15, -0.1) is 0 Å². The van der Waals surface area contributed by atoms with E-state index in [1.165, 1.54) is 4.90 Å². The maximum absolute atomic E-state index is 16.2. The first-order valence-corrected chi connectivity index (χ1v) is 12.7. The number of phenols is 1. The van der Waals surface area contributed by atoms with Crippen LogP contribution in [-0.2, 0) is 22.4 Å². The molecule has 11 heteroatoms. The molecule has 0 saturated carbocycles. The minimum Gasteiger partial charge on any atom is -0.510 e. The Hall–Kier alpha value is -3.28. The highest BCUT2D eigenvalue weighted by atomic mass is 19.1. The van der Waals surface area contributed by atoms with Crippen molar-refractivity contribution in [1.82, 2.24) is 9.80 Å². The van der Waals surface area contributed by atoms with E-state index in [2.05, 4.69) is 4.90 Å². The number of hydrogen-bond donors (Lipinski definition) is 5. The zero-order valence-corrected chi connectivity index (χ0v) is 21.3. The molecule has 1 amide bonds. The van der Waals surface area contributed by atoms with Crippen LogP contribution in [0.25, 0.3) is 0 Å². The fraction of sp³-hybridized carbons (Fsp3) is 0.519. The van der Waals surface area contributed by atoms with E-state index < -0.39 is 63.9 Å². The summed E-state index contributed by atoms with van der Waals surface area (Å²) in [5, 5.41) is 45.1. The average molecular weight is 528 g/mol. The van der Waals surface area contributed by atoms with Crippen LogP contribution in [0, 0.1) is 23.6 Å². The van der Waals surface area contributed by atoms with E-state index in [-0.39, 0.29) is 47.3 Å². The first kappa shape index (κ1) is 25.0. The monoisotopic (exact) mass is 527 g/mol. The summed E-state index contributed by atoms with van der Waals surface area (Å²) in [5.74, 6) is -7.72. The number of ketones is 2. The molecule has 6 atom stereocenters. The van der Waals surface area contributed by atoms with Crippen molar-refractivity contribution < 1.29 is 39.2 Å². The number of nitrogens with two attached hydrogens (primary N) is 1. The van der Waals surface area contributed by atoms with Crippen LogP contribution >= 0.6 is 0 Å². The molecule has 38 heavy (non-hydrogen) atoms. The number of carbonyl (C=O) groups is 3. The van der Waals surface area contributed by atoms with Gasteiger partial charge in [-0.3, -0.25) is 24.2 Å². The van der Waals surface area contributed by atoms with Crippen LogP contribution in [0.4, 0.5) is 4.39 Å². The zero-order chi connectivity index (χ0) is 27.6. The Morgan fingerprint density at radius 2 is 1.84 bits per heavy atom. The molecule has 1 aliphatic heterocycles. The number of benzene rings is 1. The standard InChI is InChI=1S/C27H30FN3O7/c1-30(2)20-13-8-10-7-11-16(21(32)12-6-9-4-5-31(3)19(9)15(12)18(11)28)22(33)14(10)24(35)27(13,38)25(36)17(23(20)34)26(29)37/h9-10,13,19-20,32,34-35,38H,4-8H2,1-3H3,(H2,29,37)/t9-,10+,13+,19?,20+,27+/m1/s1. The number of hydrogen-bond acceptors (Lipinski definition) is 9. The van der Waals surface area contributed by atoms with E-state index in [1.807, 2.05) is 7.05 Å². The molecular weight excluding hydrogens is 497 g/mol. The second kappa shape index (κ2) is 7.87. The van der Waals surface area contributed by atoms with Gasteiger partial charge in [-0.05, 0) is 65.2 Å². The van der Waals surface area contributed by atoms with Crippen molar-refractivity contribution in [1.29, 1.82) is 0 Å². The largest absolute Gasteiger partial charge is 0.510 e. The first-order valence-electron chi connectivity index (χ1n) is 12.7. The van der Waals surface area contributed by atoms with E-state index in [1.54, 1.807) is 14.1 Å². The fourth-order valence-corrected chi connectivity index (χ4v) is 7.89. The molecule has 0 spiro atoms. The van der Waals surface area contributed by atoms with Gasteiger partial charge >= 0.3 is 0 Å². The molecule has 1 aromatic rings. The van der Waals surface area contributed by atoms with Crippen LogP contribution in [0.5, 0.6) is 5.75 Å². The molecule has 4 aliphatic carbocycles. The minimum absolute atomic E-state index is 0.0533. The quantitative estimate of drug-likeness (QED) is 0.350. The van der Waals surface area contributed by atoms with Gasteiger partial charge in [0.25, 0.3) is 5.91 Å². The number of fused-ring (bicyclic) bond motifs is 6. The Morgan fingerprint density at radius 3 is 2.47 bits per heavy atom. The van der Waals surface area contributed by atoms with Crippen molar-refractivity contribution >= 4 is 17.5 Å². The summed E-state index contributed by atoms with van der Waals surface area (Å²) in [6.45, 7) is 0.804. The van der Waals surface area contributed by atoms with Gasteiger partial charge in [-0.1, -0.05) is 0 Å². The molecule has 6 N–H and O–H groups in total. The first-order chi connectivity index (χ1) is 17.8. The lowest BCUT2D eigenvalue weighted by Gasteiger charge is -2.50. The lowest BCUT2D eigenvalue weighted by Crippen LogP contribution is -2.63. The Bertz CT molecular complexity index is 1420. The highest BCUT2D eigenvalue weighted by molar-refractivity contribution is 6.24. The van der Waals surface area contributed by atoms with Gasteiger partial charge in [0.2, 0.25) is 5.78 Å². The number of aromatic hydroxyl groups is 1. The van der Waals surface area contributed by atoms with E-state index in [0.29, 0.717) is 17.5 Å². The number of rotatable bonds is 2. The lowest BCUT2D eigenvalue weighted by atomic mass is 9.58. The van der Waals surface area contributed by atoms with Gasteiger partial charge in [0.1, 0.15) is 28.7 Å². The summed E-state index contributed by atoms with van der Waals surface area (Å²) in [4.78, 5) is 42.8. The summed E-state index contributed by atoms with van der Waals surface area (Å²) >= 11 is 0. The third kappa shape index (κ3) is 2.84. The molecule has 0 radical (unpaired) electrons. The number of likely N-dealkylation sites (tertiary alicyclic amines) is 1. The average Bonchev–Trinajstić information content (AvgIpc) is 3.39. The van der Waals surface area contributed by atoms with Crippen LogP contribution in [0.3, 0.4) is 0 Å². The number of nitrogens with zero attached hydrogens (tertiary/aromatic N) is 2. The number of phenolic OH excluding ortho intramolecular Hbond substituents is 1. The maximum atomic E-state index is 16.2. The number of aliphatic hydroxyl groups excluding tert-OH is 2. The maximum Gasteiger partial charge on any atom is 0.255 e. The summed E-state index contributed by atoms with van der Waals surface area (Å²) in [6.07, 6.45) is 1.13. The van der Waals surface area contributed by atoms with Crippen molar-refractivity contribution in [2.45, 2.75) is 43.4 Å². The van der Waals surface area contributed by atoms with Gasteiger partial charge < -0.3 is 26.2 Å². The zero-order valence-electron chi connectivity index (χ0n) is 21.3. The second-order valence-electron chi connectivity index (χ2n) is 11.5. The lowest BCUT2D eigenvalue weighted by molar-refractivity contribution is -0.148. The van der Waals surface area contributed by atoms with Crippen LogP contribution < -0.4 is 5.73 Å². The SMILES string of the molecule is CN1CC[C@@H]2Cc3c(O)c4c(c(F)c3C21)C[C@H]1C[C@H]2[C@H](N(C)C)C(O)=C(C(N)=O)C(=O)[C@@]2(O)C(O)=C1C4=O. The van der Waals surface area contributed by atoms with Gasteiger partial charge in [0.05, 0.1) is 11.6 Å². The highest BCUT2D eigenvalue weighted by Gasteiger charge is 2.63. The number of halogens is 1. The summed E-state index contributed by atoms with van der Waals surface area (Å²) < 4.78 is 16.2. The smallest absolute Gasteiger partial charge is 0.255 e. The van der Waals surface area contributed by atoms with E-state index in [9.17, 15) is 34.8 Å². The second-order valence-corrected chi connectivity index (χ2v) is 11.5. The third-order valence-electron chi connectivity index (χ3n) is 9.50. The number of likely N-dealkylation sites (N-methyl/N-ethyl adjacent to an activating group) is 1. The third-order valence-corrected chi connectivity index (χ3v) is 9.50. The van der Waals surface area contributed by atoms with Crippen molar-refractivity contribution in [2.75, 3.05) is 27.7 Å². The molecule has 0 bridgehead atoms.